The van der Waals surface area contributed by atoms with Crippen LogP contribution in [0.2, 0.25) is 0 Å². The second-order valence-corrected chi connectivity index (χ2v) is 25.3. The Balaban J connectivity index is 4.01. The first-order chi connectivity index (χ1) is 40.0. The lowest BCUT2D eigenvalue weighted by Crippen LogP contribution is -2.37. The Bertz CT molecular complexity index is 1710. The molecule has 0 aromatic carbocycles. The van der Waals surface area contributed by atoms with Crippen LogP contribution in [0.4, 0.5) is 0 Å². The minimum absolute atomic E-state index is 0.0198. The highest BCUT2D eigenvalue weighted by atomic mass is 31.2. The molecule has 0 heterocycles. The van der Waals surface area contributed by atoms with Crippen LogP contribution < -0.4 is 0 Å². The van der Waals surface area contributed by atoms with E-state index in [0.717, 1.165) is 77.0 Å². The number of carbonyl (C=O) groups excluding carboxylic acids is 2. The highest BCUT2D eigenvalue weighted by molar-refractivity contribution is 7.47. The highest BCUT2D eigenvalue weighted by Crippen LogP contribution is 2.43. The molecule has 2 atom stereocenters. The van der Waals surface area contributed by atoms with E-state index in [2.05, 4.69) is 111 Å². The summed E-state index contributed by atoms with van der Waals surface area (Å²) in [5.41, 5.74) is 0. The van der Waals surface area contributed by atoms with Gasteiger partial charge in [-0.3, -0.25) is 18.6 Å². The van der Waals surface area contributed by atoms with E-state index in [9.17, 15) is 19.0 Å². The SMILES string of the molecule is CC/C=C\C/C=C\C/C=C\C/C=C\C/C=C\C/C=C\CCCCC(=O)OC(COC(=O)CCCCCCCCCCCCCCCCCCCCCCCCCCC/C=C\C/C=C\CCCCCCC)COP(=O)(O)OCC[N+](C)(C)C. The van der Waals surface area contributed by atoms with E-state index >= 15 is 0 Å². The van der Waals surface area contributed by atoms with Gasteiger partial charge < -0.3 is 18.9 Å². The van der Waals surface area contributed by atoms with Gasteiger partial charge in [-0.05, 0) is 96.3 Å². The number of quaternary nitrogens is 1. The zero-order valence-corrected chi connectivity index (χ0v) is 54.8. The van der Waals surface area contributed by atoms with Crippen molar-refractivity contribution < 1.29 is 42.1 Å². The van der Waals surface area contributed by atoms with Gasteiger partial charge in [0.1, 0.15) is 19.8 Å². The van der Waals surface area contributed by atoms with Crippen LogP contribution in [0.3, 0.4) is 0 Å². The average Bonchev–Trinajstić information content (AvgIpc) is 3.46. The number of rotatable bonds is 62. The van der Waals surface area contributed by atoms with Crippen molar-refractivity contribution in [2.75, 3.05) is 47.5 Å². The Morgan fingerprint density at radius 1 is 0.390 bits per heavy atom. The van der Waals surface area contributed by atoms with Crippen LogP contribution in [0, 0.1) is 0 Å². The fraction of sp³-hybridized carbons (Fsp3) is 0.750. The molecular formula is C72H129NO8P+. The summed E-state index contributed by atoms with van der Waals surface area (Å²) in [6.45, 7) is 4.28. The Morgan fingerprint density at radius 3 is 1.06 bits per heavy atom. The highest BCUT2D eigenvalue weighted by Gasteiger charge is 2.27. The van der Waals surface area contributed by atoms with Gasteiger partial charge in [0.25, 0.3) is 0 Å². The first-order valence-corrected chi connectivity index (χ1v) is 35.5. The summed E-state index contributed by atoms with van der Waals surface area (Å²) in [7, 11) is 1.45. The fourth-order valence-corrected chi connectivity index (χ4v) is 10.1. The van der Waals surface area contributed by atoms with Crippen molar-refractivity contribution in [1.82, 2.24) is 0 Å². The number of nitrogens with zero attached hydrogens (tertiary/aromatic N) is 1. The molecule has 0 spiro atoms. The Morgan fingerprint density at radius 2 is 0.695 bits per heavy atom. The van der Waals surface area contributed by atoms with Crippen LogP contribution in [0.5, 0.6) is 0 Å². The Hall–Kier alpha value is -3.07. The van der Waals surface area contributed by atoms with Crippen LogP contribution >= 0.6 is 7.82 Å². The number of esters is 2. The topological polar surface area (TPSA) is 108 Å². The third-order valence-corrected chi connectivity index (χ3v) is 15.6. The molecule has 2 unspecified atom stereocenters. The van der Waals surface area contributed by atoms with Crippen molar-refractivity contribution in [3.8, 4) is 0 Å². The van der Waals surface area contributed by atoms with E-state index < -0.39 is 26.5 Å². The lowest BCUT2D eigenvalue weighted by Gasteiger charge is -2.24. The lowest BCUT2D eigenvalue weighted by molar-refractivity contribution is -0.870. The molecule has 0 radical (unpaired) electrons. The molecule has 0 aromatic rings. The molecule has 474 valence electrons. The summed E-state index contributed by atoms with van der Waals surface area (Å²) in [4.78, 5) is 35.8. The van der Waals surface area contributed by atoms with E-state index in [4.69, 9.17) is 18.5 Å². The zero-order valence-electron chi connectivity index (χ0n) is 54.0. The number of likely N-dealkylation sites (N-methyl/N-ethyl adjacent to an activating group) is 1. The van der Waals surface area contributed by atoms with E-state index in [0.29, 0.717) is 17.4 Å². The zero-order chi connectivity index (χ0) is 59.8. The van der Waals surface area contributed by atoms with Crippen LogP contribution in [-0.4, -0.2) is 74.9 Å². The third kappa shape index (κ3) is 66.1. The Kier molecular flexibility index (Phi) is 60.1. The number of ether oxygens (including phenoxy) is 2. The number of phosphoric ester groups is 1. The predicted molar refractivity (Wildman–Crippen MR) is 353 cm³/mol. The number of carbonyl (C=O) groups is 2. The van der Waals surface area contributed by atoms with Crippen molar-refractivity contribution in [1.29, 1.82) is 0 Å². The molecule has 0 saturated heterocycles. The number of hydrogen-bond donors (Lipinski definition) is 1. The first kappa shape index (κ1) is 78.9. The molecule has 0 saturated carbocycles. The molecule has 1 N–H and O–H groups in total. The summed E-state index contributed by atoms with van der Waals surface area (Å²) in [5.74, 6) is -0.843. The lowest BCUT2D eigenvalue weighted by atomic mass is 10.0. The third-order valence-electron chi connectivity index (χ3n) is 14.6. The van der Waals surface area contributed by atoms with Crippen LogP contribution in [0.25, 0.3) is 0 Å². The van der Waals surface area contributed by atoms with Crippen molar-refractivity contribution in [2.24, 2.45) is 0 Å². The molecule has 82 heavy (non-hydrogen) atoms. The summed E-state index contributed by atoms with van der Waals surface area (Å²) in [5, 5.41) is 0. The van der Waals surface area contributed by atoms with Gasteiger partial charge in [0.2, 0.25) is 0 Å². The van der Waals surface area contributed by atoms with Crippen molar-refractivity contribution >= 4 is 19.8 Å². The predicted octanol–water partition coefficient (Wildman–Crippen LogP) is 21.9. The first-order valence-electron chi connectivity index (χ1n) is 34.0. The summed E-state index contributed by atoms with van der Waals surface area (Å²) >= 11 is 0. The minimum Gasteiger partial charge on any atom is -0.462 e. The molecule has 0 fully saturated rings. The van der Waals surface area contributed by atoms with Crippen molar-refractivity contribution in [2.45, 2.75) is 302 Å². The van der Waals surface area contributed by atoms with Crippen LogP contribution in [0.15, 0.2) is 97.2 Å². The summed E-state index contributed by atoms with van der Waals surface area (Å²) in [6.07, 6.45) is 86.7. The van der Waals surface area contributed by atoms with Crippen molar-refractivity contribution in [3.05, 3.63) is 97.2 Å². The number of hydrogen-bond acceptors (Lipinski definition) is 7. The molecule has 10 heteroatoms. The second kappa shape index (κ2) is 62.5. The van der Waals surface area contributed by atoms with Gasteiger partial charge in [-0.25, -0.2) is 4.57 Å². The molecule has 0 rings (SSSR count). The second-order valence-electron chi connectivity index (χ2n) is 23.8. The number of allylic oxidation sites excluding steroid dienone is 16. The van der Waals surface area contributed by atoms with Crippen LogP contribution in [-0.2, 0) is 32.7 Å². The maximum atomic E-state index is 12.8. The summed E-state index contributed by atoms with van der Waals surface area (Å²) in [6, 6.07) is 0. The molecule has 9 nitrogen and oxygen atoms in total. The molecular weight excluding hydrogens is 1040 g/mol. The van der Waals surface area contributed by atoms with Gasteiger partial charge in [0, 0.05) is 12.8 Å². The van der Waals surface area contributed by atoms with Crippen LogP contribution in [0.1, 0.15) is 296 Å². The fourth-order valence-electron chi connectivity index (χ4n) is 9.40. The molecule has 0 amide bonds. The van der Waals surface area contributed by atoms with Gasteiger partial charge in [0.15, 0.2) is 6.10 Å². The number of unbranched alkanes of at least 4 members (excludes halogenated alkanes) is 32. The molecule has 0 aromatic heterocycles. The van der Waals surface area contributed by atoms with E-state index in [1.807, 2.05) is 21.1 Å². The van der Waals surface area contributed by atoms with E-state index in [-0.39, 0.29) is 32.0 Å². The smallest absolute Gasteiger partial charge is 0.462 e. The average molecular weight is 1170 g/mol. The molecule has 0 bridgehead atoms. The van der Waals surface area contributed by atoms with Gasteiger partial charge in [-0.15, -0.1) is 0 Å². The molecule has 0 aliphatic heterocycles. The van der Waals surface area contributed by atoms with E-state index in [1.54, 1.807) is 0 Å². The maximum Gasteiger partial charge on any atom is 0.472 e. The number of phosphoric acid groups is 1. The van der Waals surface area contributed by atoms with Gasteiger partial charge >= 0.3 is 19.8 Å². The largest absolute Gasteiger partial charge is 0.472 e. The maximum absolute atomic E-state index is 12.8. The Labute approximate surface area is 506 Å². The van der Waals surface area contributed by atoms with Gasteiger partial charge in [-0.2, -0.15) is 0 Å². The van der Waals surface area contributed by atoms with E-state index in [1.165, 1.54) is 186 Å². The summed E-state index contributed by atoms with van der Waals surface area (Å²) < 4.78 is 34.6. The quantitative estimate of drug-likeness (QED) is 0.0211. The molecule has 0 aliphatic carbocycles. The van der Waals surface area contributed by atoms with Crippen molar-refractivity contribution in [3.63, 3.8) is 0 Å². The monoisotopic (exact) mass is 1170 g/mol. The minimum atomic E-state index is -4.41. The normalized spacial score (nSPS) is 13.8. The van der Waals surface area contributed by atoms with Gasteiger partial charge in [0.05, 0.1) is 27.7 Å². The standard InChI is InChI=1S/C72H128NO8P/c1-6-8-10-12-14-16-18-20-22-24-26-28-29-30-31-32-33-34-35-36-37-38-39-40-41-42-43-45-46-48-50-52-54-56-58-60-62-64-71(74)78-68-70(69-80-82(76,77)79-67-66-73(3,4)5)81-72(75)65-63-61-59-57-55-53-51-49-47-44-27-25-23-21-19-17-15-13-11-9-7-2/h9,11,15,17-18,20-21,23-24,26-27,44,49,51,55,57,70H,6-8,10,12-14,16,19,22,25,28-43,45-48,50,52-54,56,58-69H2,1-5H3/p+1/b11-9-,17-15-,20-18-,23-21-,26-24-,44-27-,51-49-,57-55-. The molecule has 0 aliphatic rings. The van der Waals surface area contributed by atoms with Gasteiger partial charge in [-0.1, -0.05) is 284 Å².